The molecule has 0 spiro atoms. The summed E-state index contributed by atoms with van der Waals surface area (Å²) in [4.78, 5) is 9.87. The maximum Gasteiger partial charge on any atom is 0.269 e. The number of nitrogens with zero attached hydrogens (tertiary/aromatic N) is 1. The number of nitro groups is 1. The van der Waals surface area contributed by atoms with Gasteiger partial charge in [-0.2, -0.15) is 0 Å². The van der Waals surface area contributed by atoms with Crippen LogP contribution in [0.4, 0.5) is 10.1 Å². The molecule has 0 fully saturated rings. The van der Waals surface area contributed by atoms with E-state index in [2.05, 4.69) is 4.72 Å². The second kappa shape index (κ2) is 6.63. The minimum absolute atomic E-state index is 0.0580. The van der Waals surface area contributed by atoms with E-state index in [1.165, 1.54) is 24.3 Å². The highest BCUT2D eigenvalue weighted by Crippen LogP contribution is 2.15. The Kier molecular flexibility index (Phi) is 4.84. The predicted octanol–water partition coefficient (Wildman–Crippen LogP) is 2.25. The number of hydrogen-bond donors (Lipinski definition) is 1. The summed E-state index contributed by atoms with van der Waals surface area (Å²) in [6, 6.07) is 10.5. The number of rotatable bonds is 6. The van der Waals surface area contributed by atoms with Crippen molar-refractivity contribution >= 4 is 15.7 Å². The van der Waals surface area contributed by atoms with Gasteiger partial charge in [-0.15, -0.1) is 0 Å². The minimum atomic E-state index is -3.75. The number of non-ortho nitro benzene ring substituents is 1. The van der Waals surface area contributed by atoms with Crippen LogP contribution < -0.4 is 4.72 Å². The summed E-state index contributed by atoms with van der Waals surface area (Å²) in [5.74, 6) is -0.379. The fourth-order valence-corrected chi connectivity index (χ4v) is 2.88. The zero-order valence-electron chi connectivity index (χ0n) is 11.4. The van der Waals surface area contributed by atoms with Crippen molar-refractivity contribution in [2.45, 2.75) is 11.3 Å². The molecule has 1 N–H and O–H groups in total. The number of halogens is 1. The molecule has 0 unspecified atom stereocenters. The SMILES string of the molecule is O=[N+]([O-])c1ccc(S(=O)(=O)NCCc2cccc(F)c2)cc1. The van der Waals surface area contributed by atoms with Gasteiger partial charge in [-0.25, -0.2) is 17.5 Å². The predicted molar refractivity (Wildman–Crippen MR) is 78.4 cm³/mol. The average molecular weight is 324 g/mol. The Labute approximate surface area is 126 Å². The van der Waals surface area contributed by atoms with E-state index in [-0.39, 0.29) is 22.9 Å². The molecule has 0 aliphatic rings. The van der Waals surface area contributed by atoms with Crippen LogP contribution in [0, 0.1) is 15.9 Å². The summed E-state index contributed by atoms with van der Waals surface area (Å²) < 4.78 is 39.4. The second-order valence-electron chi connectivity index (χ2n) is 4.53. The lowest BCUT2D eigenvalue weighted by Gasteiger charge is -2.07. The molecule has 2 aromatic rings. The Morgan fingerprint density at radius 3 is 2.41 bits per heavy atom. The molecule has 8 heteroatoms. The normalized spacial score (nSPS) is 11.3. The van der Waals surface area contributed by atoms with Gasteiger partial charge in [0.1, 0.15) is 5.82 Å². The van der Waals surface area contributed by atoms with Crippen molar-refractivity contribution in [3.63, 3.8) is 0 Å². The summed E-state index contributed by atoms with van der Waals surface area (Å²) in [6.45, 7) is 0.1000. The topological polar surface area (TPSA) is 89.3 Å². The lowest BCUT2D eigenvalue weighted by atomic mass is 10.1. The lowest BCUT2D eigenvalue weighted by molar-refractivity contribution is -0.384. The van der Waals surface area contributed by atoms with Crippen LogP contribution in [0.1, 0.15) is 5.56 Å². The van der Waals surface area contributed by atoms with Gasteiger partial charge >= 0.3 is 0 Å². The zero-order valence-corrected chi connectivity index (χ0v) is 12.2. The largest absolute Gasteiger partial charge is 0.269 e. The summed E-state index contributed by atoms with van der Waals surface area (Å²) in [7, 11) is -3.75. The van der Waals surface area contributed by atoms with E-state index >= 15 is 0 Å². The number of sulfonamides is 1. The summed E-state index contributed by atoms with van der Waals surface area (Å²) in [6.07, 6.45) is 0.337. The molecule has 0 aliphatic carbocycles. The molecule has 22 heavy (non-hydrogen) atoms. The van der Waals surface area contributed by atoms with E-state index in [0.717, 1.165) is 12.1 Å². The van der Waals surface area contributed by atoms with Gasteiger partial charge in [0.05, 0.1) is 9.82 Å². The number of benzene rings is 2. The molecular weight excluding hydrogens is 311 g/mol. The van der Waals surface area contributed by atoms with Gasteiger partial charge in [0, 0.05) is 18.7 Å². The van der Waals surface area contributed by atoms with Crippen molar-refractivity contribution in [3.05, 3.63) is 70.0 Å². The Hall–Kier alpha value is -2.32. The molecule has 0 heterocycles. The first-order valence-corrected chi connectivity index (χ1v) is 7.85. The molecule has 0 amide bonds. The summed E-state index contributed by atoms with van der Waals surface area (Å²) in [5, 5.41) is 10.5. The number of nitro benzene ring substituents is 1. The van der Waals surface area contributed by atoms with Gasteiger partial charge in [0.15, 0.2) is 0 Å². The summed E-state index contributed by atoms with van der Waals surface area (Å²) >= 11 is 0. The molecule has 0 saturated heterocycles. The zero-order chi connectivity index (χ0) is 16.2. The van der Waals surface area contributed by atoms with Crippen LogP contribution in [0.2, 0.25) is 0 Å². The minimum Gasteiger partial charge on any atom is -0.258 e. The highest BCUT2D eigenvalue weighted by molar-refractivity contribution is 7.89. The molecule has 0 bridgehead atoms. The van der Waals surface area contributed by atoms with E-state index in [1.807, 2.05) is 0 Å². The quantitative estimate of drug-likeness (QED) is 0.652. The highest BCUT2D eigenvalue weighted by atomic mass is 32.2. The third-order valence-corrected chi connectivity index (χ3v) is 4.43. The molecule has 2 aromatic carbocycles. The van der Waals surface area contributed by atoms with Crippen LogP contribution in [0.25, 0.3) is 0 Å². The van der Waals surface area contributed by atoms with E-state index in [4.69, 9.17) is 0 Å². The van der Waals surface area contributed by atoms with E-state index in [9.17, 15) is 22.9 Å². The van der Waals surface area contributed by atoms with Gasteiger partial charge in [-0.3, -0.25) is 10.1 Å². The first-order chi connectivity index (χ1) is 10.4. The Bertz CT molecular complexity index is 776. The second-order valence-corrected chi connectivity index (χ2v) is 6.30. The molecule has 0 atom stereocenters. The van der Waals surface area contributed by atoms with E-state index in [1.54, 1.807) is 12.1 Å². The van der Waals surface area contributed by atoms with Crippen molar-refractivity contribution in [1.29, 1.82) is 0 Å². The first kappa shape index (κ1) is 16.1. The van der Waals surface area contributed by atoms with Gasteiger partial charge in [-0.05, 0) is 36.2 Å². The standard InChI is InChI=1S/C14H13FN2O4S/c15-12-3-1-2-11(10-12)8-9-16-22(20,21)14-6-4-13(5-7-14)17(18)19/h1-7,10,16H,8-9H2. The van der Waals surface area contributed by atoms with Gasteiger partial charge in [0.25, 0.3) is 5.69 Å². The maximum atomic E-state index is 13.0. The fraction of sp³-hybridized carbons (Fsp3) is 0.143. The average Bonchev–Trinajstić information content (AvgIpc) is 2.47. The molecule has 0 radical (unpaired) electrons. The lowest BCUT2D eigenvalue weighted by Crippen LogP contribution is -2.26. The molecule has 0 saturated carbocycles. The van der Waals surface area contributed by atoms with Gasteiger partial charge in [0.2, 0.25) is 10.0 Å². The van der Waals surface area contributed by atoms with Crippen LogP contribution in [0.5, 0.6) is 0 Å². The third kappa shape index (κ3) is 4.09. The molecule has 2 rings (SSSR count). The van der Waals surface area contributed by atoms with Crippen LogP contribution >= 0.6 is 0 Å². The Morgan fingerprint density at radius 2 is 1.82 bits per heavy atom. The summed E-state index contributed by atoms with van der Waals surface area (Å²) in [5.41, 5.74) is 0.491. The third-order valence-electron chi connectivity index (χ3n) is 2.95. The smallest absolute Gasteiger partial charge is 0.258 e. The van der Waals surface area contributed by atoms with Gasteiger partial charge in [-0.1, -0.05) is 12.1 Å². The monoisotopic (exact) mass is 324 g/mol. The van der Waals surface area contributed by atoms with Gasteiger partial charge < -0.3 is 0 Å². The number of hydrogen-bond acceptors (Lipinski definition) is 4. The Balaban J connectivity index is 2.00. The molecule has 6 nitrogen and oxygen atoms in total. The van der Waals surface area contributed by atoms with Crippen molar-refractivity contribution in [3.8, 4) is 0 Å². The van der Waals surface area contributed by atoms with Crippen molar-refractivity contribution in [1.82, 2.24) is 4.72 Å². The molecule has 116 valence electrons. The Morgan fingerprint density at radius 1 is 1.14 bits per heavy atom. The van der Waals surface area contributed by atoms with Crippen LogP contribution in [-0.2, 0) is 16.4 Å². The molecule has 0 aliphatic heterocycles. The molecule has 0 aromatic heterocycles. The van der Waals surface area contributed by atoms with E-state index in [0.29, 0.717) is 12.0 Å². The fourth-order valence-electron chi connectivity index (χ4n) is 1.85. The van der Waals surface area contributed by atoms with Crippen LogP contribution in [-0.4, -0.2) is 19.9 Å². The van der Waals surface area contributed by atoms with Crippen LogP contribution in [0.3, 0.4) is 0 Å². The van der Waals surface area contributed by atoms with Crippen molar-refractivity contribution in [2.75, 3.05) is 6.54 Å². The maximum absolute atomic E-state index is 13.0. The van der Waals surface area contributed by atoms with Crippen LogP contribution in [0.15, 0.2) is 53.4 Å². The van der Waals surface area contributed by atoms with Crippen molar-refractivity contribution in [2.24, 2.45) is 0 Å². The highest BCUT2D eigenvalue weighted by Gasteiger charge is 2.15. The van der Waals surface area contributed by atoms with E-state index < -0.39 is 14.9 Å². The van der Waals surface area contributed by atoms with Crippen molar-refractivity contribution < 1.29 is 17.7 Å². The first-order valence-electron chi connectivity index (χ1n) is 6.37. The molecular formula is C14H13FN2O4S. The number of nitrogens with one attached hydrogen (secondary N) is 1.